The van der Waals surface area contributed by atoms with Crippen LogP contribution >= 0.6 is 23.2 Å². The Balaban J connectivity index is 2.29. The molecule has 5 nitrogen and oxygen atoms in total. The van der Waals surface area contributed by atoms with Crippen LogP contribution in [0.15, 0.2) is 36.4 Å². The smallest absolute Gasteiger partial charge is 0.245 e. The predicted octanol–water partition coefficient (Wildman–Crippen LogP) is 4.01. The van der Waals surface area contributed by atoms with E-state index in [1.54, 1.807) is 50.2 Å². The first-order valence-electron chi connectivity index (χ1n) is 7.38. The molecule has 0 atom stereocenters. The van der Waals surface area contributed by atoms with Crippen molar-refractivity contribution in [3.63, 3.8) is 0 Å². The molecule has 25 heavy (non-hydrogen) atoms. The van der Waals surface area contributed by atoms with E-state index in [9.17, 15) is 13.2 Å². The van der Waals surface area contributed by atoms with E-state index in [0.717, 1.165) is 16.1 Å². The minimum Gasteiger partial charge on any atom is -0.324 e. The third-order valence-corrected chi connectivity index (χ3v) is 5.43. The van der Waals surface area contributed by atoms with E-state index in [2.05, 4.69) is 5.32 Å². The topological polar surface area (TPSA) is 66.5 Å². The first kappa shape index (κ1) is 19.6. The molecule has 0 aliphatic rings. The summed E-state index contributed by atoms with van der Waals surface area (Å²) in [5, 5.41) is 3.70. The van der Waals surface area contributed by atoms with Gasteiger partial charge in [0.25, 0.3) is 0 Å². The van der Waals surface area contributed by atoms with Gasteiger partial charge in [-0.25, -0.2) is 8.42 Å². The maximum absolute atomic E-state index is 12.4. The summed E-state index contributed by atoms with van der Waals surface area (Å²) in [6, 6.07) is 9.96. The van der Waals surface area contributed by atoms with Crippen LogP contribution in [0.5, 0.6) is 0 Å². The van der Waals surface area contributed by atoms with Crippen LogP contribution in [0.2, 0.25) is 10.0 Å². The molecule has 0 heterocycles. The monoisotopic (exact) mass is 400 g/mol. The van der Waals surface area contributed by atoms with E-state index in [1.165, 1.54) is 0 Å². The van der Waals surface area contributed by atoms with Gasteiger partial charge in [-0.1, -0.05) is 29.3 Å². The Morgan fingerprint density at radius 1 is 1.16 bits per heavy atom. The number of aryl methyl sites for hydroxylation is 1. The highest BCUT2D eigenvalue weighted by atomic mass is 35.5. The molecule has 0 unspecified atom stereocenters. The number of nitrogens with one attached hydrogen (secondary N) is 1. The second kappa shape index (κ2) is 7.64. The van der Waals surface area contributed by atoms with Gasteiger partial charge in [0.2, 0.25) is 15.9 Å². The lowest BCUT2D eigenvalue weighted by Crippen LogP contribution is -2.38. The number of halogens is 2. The van der Waals surface area contributed by atoms with Gasteiger partial charge in [0.15, 0.2) is 0 Å². The lowest BCUT2D eigenvalue weighted by Gasteiger charge is -2.24. The zero-order valence-corrected chi connectivity index (χ0v) is 16.3. The highest BCUT2D eigenvalue weighted by Crippen LogP contribution is 2.28. The molecule has 0 saturated carbocycles. The summed E-state index contributed by atoms with van der Waals surface area (Å²) < 4.78 is 25.4. The summed E-state index contributed by atoms with van der Waals surface area (Å²) in [4.78, 5) is 12.4. The fourth-order valence-corrected chi connectivity index (χ4v) is 3.64. The second-order valence-electron chi connectivity index (χ2n) is 5.66. The molecule has 0 radical (unpaired) electrons. The number of nitrogens with zero attached hydrogens (tertiary/aromatic N) is 1. The highest BCUT2D eigenvalue weighted by Gasteiger charge is 2.23. The maximum Gasteiger partial charge on any atom is 0.245 e. The van der Waals surface area contributed by atoms with E-state index < -0.39 is 15.9 Å². The molecular formula is C17H18Cl2N2O3S. The van der Waals surface area contributed by atoms with E-state index >= 15 is 0 Å². The Morgan fingerprint density at radius 2 is 1.84 bits per heavy atom. The molecule has 0 aromatic heterocycles. The van der Waals surface area contributed by atoms with Crippen LogP contribution in [0.25, 0.3) is 0 Å². The average molecular weight is 401 g/mol. The van der Waals surface area contributed by atoms with Crippen molar-refractivity contribution in [1.82, 2.24) is 0 Å². The van der Waals surface area contributed by atoms with Crippen molar-refractivity contribution in [3.8, 4) is 0 Å². The number of benzene rings is 2. The molecule has 0 aliphatic heterocycles. The summed E-state index contributed by atoms with van der Waals surface area (Å²) in [5.74, 6) is -0.463. The lowest BCUT2D eigenvalue weighted by molar-refractivity contribution is -0.114. The number of amides is 1. The molecule has 8 heteroatoms. The highest BCUT2D eigenvalue weighted by molar-refractivity contribution is 7.92. The Bertz CT molecular complexity index is 914. The lowest BCUT2D eigenvalue weighted by atomic mass is 10.2. The van der Waals surface area contributed by atoms with Gasteiger partial charge in [0.05, 0.1) is 11.9 Å². The summed E-state index contributed by atoms with van der Waals surface area (Å²) in [7, 11) is -3.67. The Morgan fingerprint density at radius 3 is 2.44 bits per heavy atom. The number of anilines is 2. The first-order chi connectivity index (χ1) is 11.6. The van der Waals surface area contributed by atoms with Crippen LogP contribution < -0.4 is 9.62 Å². The molecular weight excluding hydrogens is 383 g/mol. The molecule has 0 fully saturated rings. The normalized spacial score (nSPS) is 11.2. The van der Waals surface area contributed by atoms with Gasteiger partial charge < -0.3 is 5.32 Å². The molecule has 0 spiro atoms. The number of hydrogen-bond acceptors (Lipinski definition) is 3. The van der Waals surface area contributed by atoms with Crippen LogP contribution in [0.1, 0.15) is 11.1 Å². The third-order valence-electron chi connectivity index (χ3n) is 3.66. The molecule has 134 valence electrons. The Kier molecular flexibility index (Phi) is 5.98. The van der Waals surface area contributed by atoms with Crippen LogP contribution in [-0.4, -0.2) is 27.1 Å². The molecule has 1 N–H and O–H groups in total. The SMILES string of the molecule is Cc1cc(Cl)ccc1NC(=O)CN(c1cccc(Cl)c1C)S(C)(=O)=O. The molecule has 2 aromatic rings. The van der Waals surface area contributed by atoms with Crippen molar-refractivity contribution in [1.29, 1.82) is 0 Å². The van der Waals surface area contributed by atoms with Gasteiger partial charge >= 0.3 is 0 Å². The second-order valence-corrected chi connectivity index (χ2v) is 8.41. The molecule has 0 bridgehead atoms. The van der Waals surface area contributed by atoms with E-state index in [0.29, 0.717) is 27.0 Å². The quantitative estimate of drug-likeness (QED) is 0.823. The number of carbonyl (C=O) groups excluding carboxylic acids is 1. The third kappa shape index (κ3) is 4.87. The Hall–Kier alpha value is -1.76. The van der Waals surface area contributed by atoms with Crippen molar-refractivity contribution < 1.29 is 13.2 Å². The van der Waals surface area contributed by atoms with Gasteiger partial charge in [-0.2, -0.15) is 0 Å². The number of sulfonamides is 1. The maximum atomic E-state index is 12.4. The van der Waals surface area contributed by atoms with Crippen molar-refractivity contribution >= 4 is 50.5 Å². The number of rotatable bonds is 5. The minimum atomic E-state index is -3.67. The molecule has 2 aromatic carbocycles. The molecule has 0 saturated heterocycles. The Labute approximate surface area is 157 Å². The molecule has 1 amide bonds. The standard InChI is InChI=1S/C17H18Cl2N2O3S/c1-11-9-13(18)7-8-15(11)20-17(22)10-21(25(3,23)24)16-6-4-5-14(19)12(16)2/h4-9H,10H2,1-3H3,(H,20,22). The van der Waals surface area contributed by atoms with Gasteiger partial charge in [-0.15, -0.1) is 0 Å². The molecule has 0 aliphatic carbocycles. The van der Waals surface area contributed by atoms with Crippen LogP contribution in [0.3, 0.4) is 0 Å². The van der Waals surface area contributed by atoms with E-state index in [-0.39, 0.29) is 6.54 Å². The number of hydrogen-bond donors (Lipinski definition) is 1. The summed E-state index contributed by atoms with van der Waals surface area (Å²) >= 11 is 12.0. The van der Waals surface area contributed by atoms with E-state index in [1.807, 2.05) is 0 Å². The summed E-state index contributed by atoms with van der Waals surface area (Å²) in [6.45, 7) is 3.15. The number of carbonyl (C=O) groups is 1. The van der Waals surface area contributed by atoms with Gasteiger partial charge in [-0.3, -0.25) is 9.10 Å². The van der Waals surface area contributed by atoms with Crippen LogP contribution in [-0.2, 0) is 14.8 Å². The summed E-state index contributed by atoms with van der Waals surface area (Å²) in [5.41, 5.74) is 2.32. The average Bonchev–Trinajstić information content (AvgIpc) is 2.50. The van der Waals surface area contributed by atoms with E-state index in [4.69, 9.17) is 23.2 Å². The zero-order valence-electron chi connectivity index (χ0n) is 14.0. The van der Waals surface area contributed by atoms with Gasteiger partial charge in [0.1, 0.15) is 6.54 Å². The van der Waals surface area contributed by atoms with Crippen molar-refractivity contribution in [2.45, 2.75) is 13.8 Å². The first-order valence-corrected chi connectivity index (χ1v) is 9.99. The molecule has 2 rings (SSSR count). The van der Waals surface area contributed by atoms with Gasteiger partial charge in [0, 0.05) is 15.7 Å². The van der Waals surface area contributed by atoms with Crippen molar-refractivity contribution in [2.75, 3.05) is 22.4 Å². The zero-order chi connectivity index (χ0) is 18.8. The minimum absolute atomic E-state index is 0.359. The fraction of sp³-hybridized carbons (Fsp3) is 0.235. The van der Waals surface area contributed by atoms with Crippen molar-refractivity contribution in [2.24, 2.45) is 0 Å². The summed E-state index contributed by atoms with van der Waals surface area (Å²) in [6.07, 6.45) is 1.05. The van der Waals surface area contributed by atoms with Gasteiger partial charge in [-0.05, 0) is 55.3 Å². The largest absolute Gasteiger partial charge is 0.324 e. The van der Waals surface area contributed by atoms with Crippen molar-refractivity contribution in [3.05, 3.63) is 57.6 Å². The predicted molar refractivity (Wildman–Crippen MR) is 103 cm³/mol. The van der Waals surface area contributed by atoms with Crippen LogP contribution in [0, 0.1) is 13.8 Å². The van der Waals surface area contributed by atoms with Crippen LogP contribution in [0.4, 0.5) is 11.4 Å². The fourth-order valence-electron chi connectivity index (χ4n) is 2.33.